The Hall–Kier alpha value is -2.45. The van der Waals surface area contributed by atoms with Crippen LogP contribution in [0.25, 0.3) is 22.2 Å². The number of benzene rings is 1. The van der Waals surface area contributed by atoms with E-state index in [4.69, 9.17) is 31.2 Å². The van der Waals surface area contributed by atoms with Crippen molar-refractivity contribution in [1.82, 2.24) is 20.0 Å². The standard InChI is InChI=1S/C22H26N4O3S/c1-12-20(13(2)29-25-12)14-4-9-19-17(10-14)23-21(18-11-28-22(30)24-18)26(19)15-5-7-16(27-3)8-6-15/h4,9-10,15-16,18H,5-8,11H2,1-3H3,(H,24,30)/t15-,16-,18?. The fourth-order valence-electron chi connectivity index (χ4n) is 4.86. The molecule has 1 aromatic carbocycles. The molecular formula is C22H26N4O3S. The van der Waals surface area contributed by atoms with E-state index in [0.29, 0.717) is 23.9 Å². The number of hydrogen-bond acceptors (Lipinski definition) is 6. The van der Waals surface area contributed by atoms with Crippen LogP contribution >= 0.6 is 12.2 Å². The molecule has 1 atom stereocenters. The fraction of sp³-hybridized carbons (Fsp3) is 0.500. The van der Waals surface area contributed by atoms with Gasteiger partial charge in [0, 0.05) is 18.7 Å². The molecule has 2 aromatic heterocycles. The molecule has 3 heterocycles. The van der Waals surface area contributed by atoms with Crippen LogP contribution in [0.4, 0.5) is 0 Å². The number of thiocarbonyl (C=S) groups is 1. The van der Waals surface area contributed by atoms with E-state index in [1.54, 1.807) is 7.11 Å². The fourth-order valence-corrected chi connectivity index (χ4v) is 5.07. The Labute approximate surface area is 180 Å². The van der Waals surface area contributed by atoms with Crippen LogP contribution in [0.15, 0.2) is 22.7 Å². The van der Waals surface area contributed by atoms with Crippen LogP contribution in [0.2, 0.25) is 0 Å². The van der Waals surface area contributed by atoms with Crippen LogP contribution in [-0.2, 0) is 9.47 Å². The molecule has 0 radical (unpaired) electrons. The van der Waals surface area contributed by atoms with E-state index in [2.05, 4.69) is 33.2 Å². The molecule has 0 spiro atoms. The molecule has 2 aliphatic rings. The molecule has 30 heavy (non-hydrogen) atoms. The largest absolute Gasteiger partial charge is 0.468 e. The number of methoxy groups -OCH3 is 1. The lowest BCUT2D eigenvalue weighted by Crippen LogP contribution is -2.27. The Kier molecular flexibility index (Phi) is 4.99. The van der Waals surface area contributed by atoms with Gasteiger partial charge in [0.05, 0.1) is 22.8 Å². The lowest BCUT2D eigenvalue weighted by Gasteiger charge is -2.30. The molecule has 1 saturated carbocycles. The summed E-state index contributed by atoms with van der Waals surface area (Å²) < 4.78 is 18.9. The number of imidazole rings is 1. The molecule has 0 bridgehead atoms. The van der Waals surface area contributed by atoms with Crippen molar-refractivity contribution in [2.75, 3.05) is 13.7 Å². The second kappa shape index (κ2) is 7.67. The summed E-state index contributed by atoms with van der Waals surface area (Å²) in [4.78, 5) is 5.05. The van der Waals surface area contributed by atoms with Crippen LogP contribution in [0.3, 0.4) is 0 Å². The van der Waals surface area contributed by atoms with Crippen LogP contribution < -0.4 is 5.32 Å². The lowest BCUT2D eigenvalue weighted by atomic mass is 9.92. The molecule has 1 N–H and O–H groups in total. The van der Waals surface area contributed by atoms with Crippen LogP contribution in [-0.4, -0.2) is 39.7 Å². The number of aromatic nitrogens is 3. The number of rotatable bonds is 4. The molecule has 158 valence electrons. The molecular weight excluding hydrogens is 400 g/mol. The Morgan fingerprint density at radius 1 is 1.20 bits per heavy atom. The third-order valence-electron chi connectivity index (χ3n) is 6.37. The number of aryl methyl sites for hydroxylation is 2. The zero-order valence-corrected chi connectivity index (χ0v) is 18.3. The summed E-state index contributed by atoms with van der Waals surface area (Å²) in [7, 11) is 1.81. The van der Waals surface area contributed by atoms with Gasteiger partial charge >= 0.3 is 0 Å². The maximum Gasteiger partial charge on any atom is 0.257 e. The predicted molar refractivity (Wildman–Crippen MR) is 117 cm³/mol. The van der Waals surface area contributed by atoms with E-state index in [-0.39, 0.29) is 6.04 Å². The van der Waals surface area contributed by atoms with E-state index in [1.165, 1.54) is 0 Å². The van der Waals surface area contributed by atoms with Crippen molar-refractivity contribution in [3.05, 3.63) is 35.5 Å². The summed E-state index contributed by atoms with van der Waals surface area (Å²) in [6, 6.07) is 6.80. The van der Waals surface area contributed by atoms with Gasteiger partial charge in [-0.3, -0.25) is 0 Å². The molecule has 2 fully saturated rings. The first-order valence-electron chi connectivity index (χ1n) is 10.5. The maximum absolute atomic E-state index is 5.58. The second-order valence-electron chi connectivity index (χ2n) is 8.20. The normalized spacial score (nSPS) is 24.2. The van der Waals surface area contributed by atoms with Gasteiger partial charge in [0.25, 0.3) is 5.17 Å². The zero-order chi connectivity index (χ0) is 20.8. The average Bonchev–Trinajstić information content (AvgIpc) is 3.44. The number of ether oxygens (including phenoxy) is 2. The lowest BCUT2D eigenvalue weighted by molar-refractivity contribution is 0.0584. The summed E-state index contributed by atoms with van der Waals surface area (Å²) in [6.45, 7) is 4.42. The van der Waals surface area contributed by atoms with Gasteiger partial charge in [-0.25, -0.2) is 4.98 Å². The number of nitrogens with one attached hydrogen (secondary N) is 1. The second-order valence-corrected chi connectivity index (χ2v) is 8.58. The minimum atomic E-state index is -0.0347. The summed E-state index contributed by atoms with van der Waals surface area (Å²) in [5.41, 5.74) is 5.11. The average molecular weight is 427 g/mol. The van der Waals surface area contributed by atoms with Crippen molar-refractivity contribution in [2.24, 2.45) is 0 Å². The topological polar surface area (TPSA) is 74.3 Å². The van der Waals surface area contributed by atoms with Gasteiger partial charge in [-0.2, -0.15) is 0 Å². The van der Waals surface area contributed by atoms with Gasteiger partial charge in [0.1, 0.15) is 24.2 Å². The third kappa shape index (κ3) is 3.28. The zero-order valence-electron chi connectivity index (χ0n) is 17.5. The third-order valence-corrected chi connectivity index (χ3v) is 6.60. The monoisotopic (exact) mass is 426 g/mol. The number of nitrogens with zero attached hydrogens (tertiary/aromatic N) is 3. The van der Waals surface area contributed by atoms with Crippen LogP contribution in [0, 0.1) is 13.8 Å². The van der Waals surface area contributed by atoms with Gasteiger partial charge in [0.15, 0.2) is 0 Å². The molecule has 1 unspecified atom stereocenters. The maximum atomic E-state index is 5.58. The molecule has 0 amide bonds. The van der Waals surface area contributed by atoms with E-state index >= 15 is 0 Å². The van der Waals surface area contributed by atoms with Crippen LogP contribution in [0.1, 0.15) is 55.0 Å². The van der Waals surface area contributed by atoms with E-state index < -0.39 is 0 Å². The highest BCUT2D eigenvalue weighted by Crippen LogP contribution is 2.37. The minimum absolute atomic E-state index is 0.0347. The van der Waals surface area contributed by atoms with Crippen molar-refractivity contribution < 1.29 is 14.0 Å². The van der Waals surface area contributed by atoms with Gasteiger partial charge in [-0.1, -0.05) is 11.2 Å². The molecule has 7 nitrogen and oxygen atoms in total. The highest BCUT2D eigenvalue weighted by atomic mass is 32.1. The Morgan fingerprint density at radius 2 is 2.00 bits per heavy atom. The number of fused-ring (bicyclic) bond motifs is 1. The Morgan fingerprint density at radius 3 is 2.63 bits per heavy atom. The van der Waals surface area contributed by atoms with Gasteiger partial charge in [0.2, 0.25) is 0 Å². The highest BCUT2D eigenvalue weighted by molar-refractivity contribution is 7.80. The van der Waals surface area contributed by atoms with Crippen molar-refractivity contribution in [1.29, 1.82) is 0 Å². The first-order valence-corrected chi connectivity index (χ1v) is 10.9. The molecule has 1 aliphatic heterocycles. The summed E-state index contributed by atoms with van der Waals surface area (Å²) in [6.07, 6.45) is 4.61. The minimum Gasteiger partial charge on any atom is -0.468 e. The first kappa shape index (κ1) is 19.5. The van der Waals surface area contributed by atoms with Gasteiger partial charge in [-0.15, -0.1) is 0 Å². The highest BCUT2D eigenvalue weighted by Gasteiger charge is 2.32. The van der Waals surface area contributed by atoms with Gasteiger partial charge < -0.3 is 23.9 Å². The van der Waals surface area contributed by atoms with Crippen molar-refractivity contribution >= 4 is 28.4 Å². The van der Waals surface area contributed by atoms with Crippen molar-refractivity contribution in [3.63, 3.8) is 0 Å². The summed E-state index contributed by atoms with van der Waals surface area (Å²) in [5, 5.41) is 7.81. The number of hydrogen-bond donors (Lipinski definition) is 1. The van der Waals surface area contributed by atoms with Crippen LogP contribution in [0.5, 0.6) is 0 Å². The predicted octanol–water partition coefficient (Wildman–Crippen LogP) is 4.38. The van der Waals surface area contributed by atoms with Gasteiger partial charge in [-0.05, 0) is 69.4 Å². The first-order chi connectivity index (χ1) is 14.5. The molecule has 8 heteroatoms. The SMILES string of the molecule is CO[C@H]1CC[C@H](n2c(C3COC(=S)N3)nc3cc(-c4c(C)noc4C)ccc32)CC1. The van der Waals surface area contributed by atoms with Crippen molar-refractivity contribution in [2.45, 2.75) is 57.7 Å². The quantitative estimate of drug-likeness (QED) is 0.621. The van der Waals surface area contributed by atoms with E-state index in [0.717, 1.165) is 65.1 Å². The van der Waals surface area contributed by atoms with E-state index in [1.807, 2.05) is 13.8 Å². The smallest absolute Gasteiger partial charge is 0.257 e. The molecule has 5 rings (SSSR count). The molecule has 1 saturated heterocycles. The summed E-state index contributed by atoms with van der Waals surface area (Å²) in [5.74, 6) is 1.81. The van der Waals surface area contributed by atoms with E-state index in [9.17, 15) is 0 Å². The van der Waals surface area contributed by atoms with Crippen molar-refractivity contribution in [3.8, 4) is 11.1 Å². The molecule has 3 aromatic rings. The summed E-state index contributed by atoms with van der Waals surface area (Å²) >= 11 is 5.21. The Balaban J connectivity index is 1.60. The molecule has 1 aliphatic carbocycles. The Bertz CT molecular complexity index is 1080.